The molecule has 1 fully saturated rings. The SMILES string of the molecule is Cc1cccc(N2CCN(S(=O)(=O)CCNC(=O)c3ccc(F)cc3)CC2)c1. The molecule has 0 unspecified atom stereocenters. The zero-order chi connectivity index (χ0) is 20.1. The quantitative estimate of drug-likeness (QED) is 0.798. The van der Waals surface area contributed by atoms with Gasteiger partial charge in [0.15, 0.2) is 0 Å². The van der Waals surface area contributed by atoms with Gasteiger partial charge in [0.25, 0.3) is 5.91 Å². The topological polar surface area (TPSA) is 69.7 Å². The molecule has 150 valence electrons. The molecule has 0 aliphatic carbocycles. The molecule has 0 bridgehead atoms. The van der Waals surface area contributed by atoms with Crippen LogP contribution in [-0.2, 0) is 10.0 Å². The second kappa shape index (κ2) is 8.70. The molecule has 0 spiro atoms. The molecule has 1 N–H and O–H groups in total. The van der Waals surface area contributed by atoms with Crippen LogP contribution in [0.5, 0.6) is 0 Å². The van der Waals surface area contributed by atoms with Gasteiger partial charge >= 0.3 is 0 Å². The number of hydrogen-bond acceptors (Lipinski definition) is 4. The Morgan fingerprint density at radius 2 is 1.75 bits per heavy atom. The number of rotatable bonds is 6. The summed E-state index contributed by atoms with van der Waals surface area (Å²) in [5.41, 5.74) is 2.57. The average molecular weight is 405 g/mol. The van der Waals surface area contributed by atoms with E-state index < -0.39 is 21.7 Å². The van der Waals surface area contributed by atoms with Crippen molar-refractivity contribution in [2.24, 2.45) is 0 Å². The predicted molar refractivity (Wildman–Crippen MR) is 107 cm³/mol. The average Bonchev–Trinajstić information content (AvgIpc) is 2.68. The van der Waals surface area contributed by atoms with E-state index in [0.717, 1.165) is 5.69 Å². The van der Waals surface area contributed by atoms with Crippen LogP contribution in [0.4, 0.5) is 10.1 Å². The Balaban J connectivity index is 1.49. The molecule has 3 rings (SSSR count). The van der Waals surface area contributed by atoms with Gasteiger partial charge in [-0.2, -0.15) is 4.31 Å². The number of carbonyl (C=O) groups excluding carboxylic acids is 1. The maximum atomic E-state index is 12.9. The lowest BCUT2D eigenvalue weighted by Gasteiger charge is -2.35. The van der Waals surface area contributed by atoms with Crippen LogP contribution >= 0.6 is 0 Å². The van der Waals surface area contributed by atoms with Crippen molar-refractivity contribution >= 4 is 21.6 Å². The lowest BCUT2D eigenvalue weighted by atomic mass is 10.2. The predicted octanol–water partition coefficient (Wildman–Crippen LogP) is 2.02. The Kier molecular flexibility index (Phi) is 6.31. The highest BCUT2D eigenvalue weighted by Crippen LogP contribution is 2.19. The number of amides is 1. The Labute approximate surface area is 165 Å². The lowest BCUT2D eigenvalue weighted by Crippen LogP contribution is -2.50. The van der Waals surface area contributed by atoms with Gasteiger partial charge in [-0.1, -0.05) is 12.1 Å². The van der Waals surface area contributed by atoms with Crippen LogP contribution in [-0.4, -0.2) is 57.1 Å². The number of halogens is 1. The Bertz CT molecular complexity index is 924. The van der Waals surface area contributed by atoms with Crippen molar-refractivity contribution in [1.82, 2.24) is 9.62 Å². The molecule has 0 saturated carbocycles. The standard InChI is InChI=1S/C20H24FN3O3S/c1-16-3-2-4-19(15-16)23-10-12-24(13-11-23)28(26,27)14-9-22-20(25)17-5-7-18(21)8-6-17/h2-8,15H,9-14H2,1H3,(H,22,25). The van der Waals surface area contributed by atoms with Gasteiger partial charge < -0.3 is 10.2 Å². The summed E-state index contributed by atoms with van der Waals surface area (Å²) in [7, 11) is -3.45. The second-order valence-electron chi connectivity index (χ2n) is 6.80. The Hall–Kier alpha value is -2.45. The van der Waals surface area contributed by atoms with Crippen LogP contribution in [0, 0.1) is 12.7 Å². The first kappa shape index (κ1) is 20.3. The molecule has 2 aromatic rings. The molecule has 1 amide bonds. The van der Waals surface area contributed by atoms with Gasteiger partial charge in [0.1, 0.15) is 5.82 Å². The van der Waals surface area contributed by atoms with Crippen LogP contribution in [0.15, 0.2) is 48.5 Å². The molecule has 1 heterocycles. The zero-order valence-electron chi connectivity index (χ0n) is 15.8. The molecule has 0 atom stereocenters. The van der Waals surface area contributed by atoms with Crippen molar-refractivity contribution in [1.29, 1.82) is 0 Å². The molecule has 1 aliphatic rings. The number of aryl methyl sites for hydroxylation is 1. The molecule has 6 nitrogen and oxygen atoms in total. The molecule has 28 heavy (non-hydrogen) atoms. The monoisotopic (exact) mass is 405 g/mol. The van der Waals surface area contributed by atoms with E-state index in [0.29, 0.717) is 31.7 Å². The van der Waals surface area contributed by atoms with Gasteiger partial charge in [-0.3, -0.25) is 4.79 Å². The van der Waals surface area contributed by atoms with Crippen molar-refractivity contribution in [3.05, 3.63) is 65.5 Å². The fourth-order valence-electron chi connectivity index (χ4n) is 3.18. The zero-order valence-corrected chi connectivity index (χ0v) is 16.6. The molecule has 1 saturated heterocycles. The third-order valence-corrected chi connectivity index (χ3v) is 6.62. The van der Waals surface area contributed by atoms with E-state index in [1.165, 1.54) is 34.1 Å². The van der Waals surface area contributed by atoms with Crippen molar-refractivity contribution < 1.29 is 17.6 Å². The highest BCUT2D eigenvalue weighted by Gasteiger charge is 2.26. The number of piperazine rings is 1. The minimum atomic E-state index is -3.45. The molecular weight excluding hydrogens is 381 g/mol. The van der Waals surface area contributed by atoms with E-state index in [2.05, 4.69) is 16.3 Å². The minimum Gasteiger partial charge on any atom is -0.369 e. The first-order valence-electron chi connectivity index (χ1n) is 9.18. The van der Waals surface area contributed by atoms with Crippen LogP contribution in [0.1, 0.15) is 15.9 Å². The van der Waals surface area contributed by atoms with Crippen LogP contribution in [0.2, 0.25) is 0 Å². The van der Waals surface area contributed by atoms with Crippen molar-refractivity contribution in [3.8, 4) is 0 Å². The lowest BCUT2D eigenvalue weighted by molar-refractivity contribution is 0.0956. The smallest absolute Gasteiger partial charge is 0.251 e. The number of nitrogens with one attached hydrogen (secondary N) is 1. The van der Waals surface area contributed by atoms with E-state index in [1.807, 2.05) is 25.1 Å². The van der Waals surface area contributed by atoms with Gasteiger partial charge in [0.2, 0.25) is 10.0 Å². The first-order valence-corrected chi connectivity index (χ1v) is 10.8. The first-order chi connectivity index (χ1) is 13.3. The fraction of sp³-hybridized carbons (Fsp3) is 0.350. The van der Waals surface area contributed by atoms with Crippen LogP contribution < -0.4 is 10.2 Å². The van der Waals surface area contributed by atoms with Gasteiger partial charge in [-0.05, 0) is 48.9 Å². The fourth-order valence-corrected chi connectivity index (χ4v) is 4.51. The van der Waals surface area contributed by atoms with Gasteiger partial charge in [0, 0.05) is 44.0 Å². The summed E-state index contributed by atoms with van der Waals surface area (Å²) in [6.07, 6.45) is 0. The molecule has 0 radical (unpaired) electrons. The largest absolute Gasteiger partial charge is 0.369 e. The second-order valence-corrected chi connectivity index (χ2v) is 8.89. The van der Waals surface area contributed by atoms with Gasteiger partial charge in [-0.25, -0.2) is 12.8 Å². The van der Waals surface area contributed by atoms with E-state index in [-0.39, 0.29) is 12.3 Å². The Morgan fingerprint density at radius 1 is 1.07 bits per heavy atom. The van der Waals surface area contributed by atoms with Gasteiger partial charge in [0.05, 0.1) is 5.75 Å². The third-order valence-electron chi connectivity index (χ3n) is 4.75. The summed E-state index contributed by atoms with van der Waals surface area (Å²) in [6, 6.07) is 13.3. The third kappa shape index (κ3) is 5.08. The minimum absolute atomic E-state index is 0.0106. The Morgan fingerprint density at radius 3 is 2.39 bits per heavy atom. The number of nitrogens with zero attached hydrogens (tertiary/aromatic N) is 2. The summed E-state index contributed by atoms with van der Waals surface area (Å²) in [5, 5.41) is 2.58. The number of sulfonamides is 1. The van der Waals surface area contributed by atoms with Crippen molar-refractivity contribution in [2.45, 2.75) is 6.92 Å². The number of carbonyl (C=O) groups is 1. The summed E-state index contributed by atoms with van der Waals surface area (Å²) in [4.78, 5) is 14.2. The van der Waals surface area contributed by atoms with E-state index in [9.17, 15) is 17.6 Å². The van der Waals surface area contributed by atoms with E-state index in [4.69, 9.17) is 0 Å². The highest BCUT2D eigenvalue weighted by atomic mass is 32.2. The number of anilines is 1. The highest BCUT2D eigenvalue weighted by molar-refractivity contribution is 7.89. The van der Waals surface area contributed by atoms with Gasteiger partial charge in [-0.15, -0.1) is 0 Å². The summed E-state index contributed by atoms with van der Waals surface area (Å²) >= 11 is 0. The maximum Gasteiger partial charge on any atom is 0.251 e. The molecule has 0 aromatic heterocycles. The maximum absolute atomic E-state index is 12.9. The summed E-state index contributed by atoms with van der Waals surface area (Å²) in [5.74, 6) is -1.01. The molecule has 1 aliphatic heterocycles. The number of benzene rings is 2. The molecule has 2 aromatic carbocycles. The summed E-state index contributed by atoms with van der Waals surface area (Å²) < 4.78 is 39.5. The molecular formula is C20H24FN3O3S. The van der Waals surface area contributed by atoms with Crippen LogP contribution in [0.3, 0.4) is 0 Å². The van der Waals surface area contributed by atoms with Crippen LogP contribution in [0.25, 0.3) is 0 Å². The molecule has 8 heteroatoms. The van der Waals surface area contributed by atoms with Crippen molar-refractivity contribution in [3.63, 3.8) is 0 Å². The normalized spacial score (nSPS) is 15.4. The van der Waals surface area contributed by atoms with E-state index >= 15 is 0 Å². The summed E-state index contributed by atoms with van der Waals surface area (Å²) in [6.45, 7) is 4.14. The number of hydrogen-bond donors (Lipinski definition) is 1. The van der Waals surface area contributed by atoms with E-state index in [1.54, 1.807) is 0 Å². The van der Waals surface area contributed by atoms with Crippen molar-refractivity contribution in [2.75, 3.05) is 43.4 Å².